The molecule has 1 aromatic carbocycles. The summed E-state index contributed by atoms with van der Waals surface area (Å²) in [5, 5.41) is 11.6. The van der Waals surface area contributed by atoms with Crippen LogP contribution in [0.15, 0.2) is 18.2 Å². The monoisotopic (exact) mass is 296 g/mol. The van der Waals surface area contributed by atoms with E-state index in [0.29, 0.717) is 6.54 Å². The van der Waals surface area contributed by atoms with Crippen LogP contribution in [0.1, 0.15) is 13.3 Å². The Bertz CT molecular complexity index is 550. The first kappa shape index (κ1) is 15.1. The number of carbonyl (C=O) groups excluding carboxylic acids is 1. The molecule has 21 heavy (non-hydrogen) atoms. The number of aliphatic carboxylic acids is 1. The van der Waals surface area contributed by atoms with Gasteiger partial charge in [0, 0.05) is 6.54 Å². The first-order chi connectivity index (χ1) is 10.0. The quantitative estimate of drug-likeness (QED) is 0.847. The van der Waals surface area contributed by atoms with E-state index in [1.54, 1.807) is 0 Å². The lowest BCUT2D eigenvalue weighted by atomic mass is 10.1. The molecular weight excluding hydrogens is 279 g/mol. The van der Waals surface area contributed by atoms with Gasteiger partial charge in [0.15, 0.2) is 6.10 Å². The second kappa shape index (κ2) is 6.43. The Morgan fingerprint density at radius 1 is 1.52 bits per heavy atom. The van der Waals surface area contributed by atoms with Crippen molar-refractivity contribution in [3.05, 3.63) is 24.0 Å². The molecule has 0 bridgehead atoms. The summed E-state index contributed by atoms with van der Waals surface area (Å²) < 4.78 is 19.4. The van der Waals surface area contributed by atoms with Gasteiger partial charge in [0.25, 0.3) is 5.91 Å². The summed E-state index contributed by atoms with van der Waals surface area (Å²) in [7, 11) is 0. The zero-order chi connectivity index (χ0) is 15.4. The number of ether oxygens (including phenoxy) is 1. The lowest BCUT2D eigenvalue weighted by molar-refractivity contribution is -0.136. The number of hydrogen-bond donors (Lipinski definition) is 2. The van der Waals surface area contributed by atoms with Crippen LogP contribution < -0.4 is 15.0 Å². The van der Waals surface area contributed by atoms with E-state index < -0.39 is 24.4 Å². The van der Waals surface area contributed by atoms with Crippen molar-refractivity contribution in [2.75, 3.05) is 24.5 Å². The third-order valence-electron chi connectivity index (χ3n) is 3.09. The van der Waals surface area contributed by atoms with Crippen molar-refractivity contribution >= 4 is 17.6 Å². The van der Waals surface area contributed by atoms with Gasteiger partial charge in [-0.25, -0.2) is 4.39 Å². The molecule has 0 saturated carbocycles. The number of para-hydroxylation sites is 1. The Morgan fingerprint density at radius 2 is 2.29 bits per heavy atom. The summed E-state index contributed by atoms with van der Waals surface area (Å²) in [6.07, 6.45) is -0.0760. The number of nitrogens with one attached hydrogen (secondary N) is 1. The molecule has 0 aromatic heterocycles. The normalized spacial score (nSPS) is 16.9. The zero-order valence-electron chi connectivity index (χ0n) is 11.6. The van der Waals surface area contributed by atoms with Gasteiger partial charge in [-0.3, -0.25) is 9.59 Å². The average molecular weight is 296 g/mol. The molecule has 1 aromatic rings. The van der Waals surface area contributed by atoms with Gasteiger partial charge < -0.3 is 20.1 Å². The number of anilines is 1. The van der Waals surface area contributed by atoms with E-state index >= 15 is 0 Å². The Labute approximate surface area is 121 Å². The lowest BCUT2D eigenvalue weighted by Crippen LogP contribution is -2.50. The molecule has 0 spiro atoms. The van der Waals surface area contributed by atoms with E-state index in [4.69, 9.17) is 9.84 Å². The van der Waals surface area contributed by atoms with Crippen LogP contribution in [-0.4, -0.2) is 42.7 Å². The van der Waals surface area contributed by atoms with Crippen molar-refractivity contribution in [2.45, 2.75) is 19.4 Å². The van der Waals surface area contributed by atoms with Gasteiger partial charge in [-0.1, -0.05) is 13.0 Å². The third-order valence-corrected chi connectivity index (χ3v) is 3.09. The lowest BCUT2D eigenvalue weighted by Gasteiger charge is -2.34. The fourth-order valence-electron chi connectivity index (χ4n) is 2.18. The van der Waals surface area contributed by atoms with E-state index in [-0.39, 0.29) is 23.9 Å². The van der Waals surface area contributed by atoms with Crippen molar-refractivity contribution < 1.29 is 23.8 Å². The smallest absolute Gasteiger partial charge is 0.323 e. The molecule has 7 heteroatoms. The maximum Gasteiger partial charge on any atom is 0.323 e. The number of amides is 1. The number of benzene rings is 1. The fourth-order valence-corrected chi connectivity index (χ4v) is 2.18. The maximum absolute atomic E-state index is 13.9. The van der Waals surface area contributed by atoms with E-state index in [1.807, 2.05) is 6.92 Å². The molecule has 1 amide bonds. The Hall–Kier alpha value is -2.31. The van der Waals surface area contributed by atoms with Crippen LogP contribution in [0.2, 0.25) is 0 Å². The molecule has 1 aliphatic rings. The minimum atomic E-state index is -1.10. The average Bonchev–Trinajstić information content (AvgIpc) is 2.43. The first-order valence-corrected chi connectivity index (χ1v) is 6.72. The number of fused-ring (bicyclic) bond motifs is 1. The summed E-state index contributed by atoms with van der Waals surface area (Å²) in [5.74, 6) is -1.82. The number of halogens is 1. The van der Waals surface area contributed by atoms with Crippen LogP contribution in [0.5, 0.6) is 5.75 Å². The highest BCUT2D eigenvalue weighted by molar-refractivity contribution is 5.84. The second-order valence-corrected chi connectivity index (χ2v) is 4.76. The number of carboxylic acids is 1. The molecule has 2 rings (SSSR count). The van der Waals surface area contributed by atoms with Crippen LogP contribution in [-0.2, 0) is 9.59 Å². The van der Waals surface area contributed by atoms with Gasteiger partial charge in [-0.15, -0.1) is 0 Å². The minimum absolute atomic E-state index is 0.00419. The van der Waals surface area contributed by atoms with Crippen LogP contribution in [0.3, 0.4) is 0 Å². The molecule has 1 heterocycles. The number of carboxylic acid groups (broad SMARTS) is 1. The Kier molecular flexibility index (Phi) is 4.62. The zero-order valence-corrected chi connectivity index (χ0v) is 11.6. The molecule has 1 unspecified atom stereocenters. The van der Waals surface area contributed by atoms with Gasteiger partial charge in [-0.2, -0.15) is 0 Å². The molecular formula is C14H17FN2O4. The second-order valence-electron chi connectivity index (χ2n) is 4.76. The van der Waals surface area contributed by atoms with Crippen LogP contribution in [0, 0.1) is 5.82 Å². The number of rotatable bonds is 5. The Morgan fingerprint density at radius 3 is 2.95 bits per heavy atom. The fraction of sp³-hybridized carbons (Fsp3) is 0.429. The molecule has 1 atom stereocenters. The summed E-state index contributed by atoms with van der Waals surface area (Å²) >= 11 is 0. The van der Waals surface area contributed by atoms with Gasteiger partial charge in [0.1, 0.15) is 23.8 Å². The van der Waals surface area contributed by atoms with Crippen LogP contribution in [0.4, 0.5) is 10.1 Å². The van der Waals surface area contributed by atoms with Gasteiger partial charge in [0.05, 0.1) is 6.54 Å². The largest absolute Gasteiger partial charge is 0.480 e. The molecule has 0 saturated heterocycles. The molecule has 0 fully saturated rings. The predicted molar refractivity (Wildman–Crippen MR) is 74.0 cm³/mol. The van der Waals surface area contributed by atoms with E-state index in [2.05, 4.69) is 5.32 Å². The van der Waals surface area contributed by atoms with Crippen molar-refractivity contribution in [3.8, 4) is 5.75 Å². The first-order valence-electron chi connectivity index (χ1n) is 6.72. The van der Waals surface area contributed by atoms with Crippen LogP contribution >= 0.6 is 0 Å². The molecule has 1 aliphatic heterocycles. The highest BCUT2D eigenvalue weighted by Gasteiger charge is 2.33. The highest BCUT2D eigenvalue weighted by atomic mass is 19.1. The summed E-state index contributed by atoms with van der Waals surface area (Å²) in [6.45, 7) is 2.03. The van der Waals surface area contributed by atoms with Crippen molar-refractivity contribution in [1.29, 1.82) is 0 Å². The van der Waals surface area contributed by atoms with Crippen molar-refractivity contribution in [2.24, 2.45) is 0 Å². The Balaban J connectivity index is 2.25. The SMILES string of the molecule is CCCNC(=O)C1CN(CC(=O)O)c2c(F)cccc2O1. The van der Waals surface area contributed by atoms with Gasteiger partial charge in [0.2, 0.25) is 0 Å². The highest BCUT2D eigenvalue weighted by Crippen LogP contribution is 2.35. The number of nitrogens with zero attached hydrogens (tertiary/aromatic N) is 1. The van der Waals surface area contributed by atoms with E-state index in [0.717, 1.165) is 6.42 Å². The van der Waals surface area contributed by atoms with Crippen molar-refractivity contribution in [3.63, 3.8) is 0 Å². The van der Waals surface area contributed by atoms with Crippen molar-refractivity contribution in [1.82, 2.24) is 5.32 Å². The molecule has 0 radical (unpaired) electrons. The van der Waals surface area contributed by atoms with Crippen LogP contribution in [0.25, 0.3) is 0 Å². The molecule has 114 valence electrons. The van der Waals surface area contributed by atoms with Gasteiger partial charge in [-0.05, 0) is 18.6 Å². The summed E-state index contributed by atoms with van der Waals surface area (Å²) in [6, 6.07) is 4.21. The number of hydrogen-bond acceptors (Lipinski definition) is 4. The third kappa shape index (κ3) is 3.42. The minimum Gasteiger partial charge on any atom is -0.480 e. The molecule has 2 N–H and O–H groups in total. The molecule has 0 aliphatic carbocycles. The molecule has 6 nitrogen and oxygen atoms in total. The van der Waals surface area contributed by atoms with E-state index in [1.165, 1.54) is 23.1 Å². The summed E-state index contributed by atoms with van der Waals surface area (Å²) in [4.78, 5) is 24.2. The van der Waals surface area contributed by atoms with E-state index in [9.17, 15) is 14.0 Å². The maximum atomic E-state index is 13.9. The summed E-state index contributed by atoms with van der Waals surface area (Å²) in [5.41, 5.74) is 0.0828. The van der Waals surface area contributed by atoms with Gasteiger partial charge >= 0.3 is 5.97 Å². The topological polar surface area (TPSA) is 78.9 Å². The predicted octanol–water partition coefficient (Wildman–Crippen LogP) is 1.00. The number of carbonyl (C=O) groups is 2. The standard InChI is InChI=1S/C14H17FN2O4/c1-2-6-16-14(20)11-7-17(8-12(18)19)13-9(15)4-3-5-10(13)21-11/h3-5,11H,2,6-8H2,1H3,(H,16,20)(H,18,19).